The van der Waals surface area contributed by atoms with Crippen LogP contribution >= 0.6 is 0 Å². The van der Waals surface area contributed by atoms with Gasteiger partial charge in [-0.05, 0) is 49.2 Å². The van der Waals surface area contributed by atoms with E-state index in [-0.39, 0.29) is 18.7 Å². The van der Waals surface area contributed by atoms with Gasteiger partial charge in [-0.1, -0.05) is 18.7 Å². The van der Waals surface area contributed by atoms with Gasteiger partial charge in [-0.3, -0.25) is 14.4 Å². The fourth-order valence-electron chi connectivity index (χ4n) is 4.10. The fraction of sp³-hybridized carbons (Fsp3) is 0.280. The van der Waals surface area contributed by atoms with Gasteiger partial charge in [-0.15, -0.1) is 0 Å². The zero-order valence-corrected chi connectivity index (χ0v) is 18.2. The molecule has 3 aromatic rings. The Balaban J connectivity index is 1.50. The molecule has 1 N–H and O–H groups in total. The molecule has 0 spiro atoms. The van der Waals surface area contributed by atoms with Gasteiger partial charge >= 0.3 is 0 Å². The van der Waals surface area contributed by atoms with Gasteiger partial charge in [0.2, 0.25) is 0 Å². The molecule has 2 aromatic heterocycles. The summed E-state index contributed by atoms with van der Waals surface area (Å²) in [6.07, 6.45) is 7.59. The van der Waals surface area contributed by atoms with Crippen LogP contribution in [0.25, 0.3) is 16.6 Å². The molecule has 0 aliphatic carbocycles. The number of halogens is 1. The molecule has 3 heterocycles. The largest absolute Gasteiger partial charge is 0.491 e. The maximum Gasteiger partial charge on any atom is 0.258 e. The molecule has 1 aliphatic rings. The molecule has 1 aromatic carbocycles. The summed E-state index contributed by atoms with van der Waals surface area (Å²) < 4.78 is 22.6. The maximum absolute atomic E-state index is 13.2. The number of aliphatic imine (C=N–C) groups is 1. The Morgan fingerprint density at radius 1 is 1.34 bits per heavy atom. The van der Waals surface area contributed by atoms with Gasteiger partial charge in [-0.25, -0.2) is 4.39 Å². The summed E-state index contributed by atoms with van der Waals surface area (Å²) in [4.78, 5) is 16.7. The maximum atomic E-state index is 13.2. The topological polar surface area (TPSA) is 60.5 Å². The molecule has 4 rings (SSSR count). The summed E-state index contributed by atoms with van der Waals surface area (Å²) in [5.41, 5.74) is 4.47. The van der Waals surface area contributed by atoms with Crippen molar-refractivity contribution in [3.8, 4) is 11.4 Å². The molecule has 0 saturated carbocycles. The summed E-state index contributed by atoms with van der Waals surface area (Å²) in [7, 11) is 2.09. The predicted octanol–water partition coefficient (Wildman–Crippen LogP) is 3.85. The SMILES string of the molecule is C=C/C=C(/F)C=NCCOc1ccn(-c2ccc3c4c(n(C)c3c2)CCCNC4)c(=O)c1. The molecule has 166 valence electrons. The van der Waals surface area contributed by atoms with Gasteiger partial charge in [0.25, 0.3) is 5.56 Å². The van der Waals surface area contributed by atoms with Gasteiger partial charge in [-0.2, -0.15) is 0 Å². The molecule has 0 unspecified atom stereocenters. The first-order valence-electron chi connectivity index (χ1n) is 10.7. The first-order valence-corrected chi connectivity index (χ1v) is 10.7. The van der Waals surface area contributed by atoms with Crippen LogP contribution in [0.2, 0.25) is 0 Å². The number of hydrogen-bond donors (Lipinski definition) is 1. The van der Waals surface area contributed by atoms with E-state index >= 15 is 0 Å². The van der Waals surface area contributed by atoms with Gasteiger partial charge in [0.1, 0.15) is 18.2 Å². The van der Waals surface area contributed by atoms with E-state index in [0.29, 0.717) is 5.75 Å². The third-order valence-corrected chi connectivity index (χ3v) is 5.64. The van der Waals surface area contributed by atoms with Crippen molar-refractivity contribution in [2.75, 3.05) is 19.7 Å². The summed E-state index contributed by atoms with van der Waals surface area (Å²) in [5, 5.41) is 4.72. The monoisotopic (exact) mass is 434 g/mol. The number of allylic oxidation sites excluding steroid dienone is 3. The van der Waals surface area contributed by atoms with Crippen molar-refractivity contribution in [3.05, 3.63) is 82.7 Å². The summed E-state index contributed by atoms with van der Waals surface area (Å²) in [6, 6.07) is 9.35. The van der Waals surface area contributed by atoms with Gasteiger partial charge < -0.3 is 14.6 Å². The number of aromatic nitrogens is 2. The van der Waals surface area contributed by atoms with E-state index in [0.717, 1.165) is 43.3 Å². The van der Waals surface area contributed by atoms with Crippen LogP contribution in [0.5, 0.6) is 5.75 Å². The third kappa shape index (κ3) is 4.57. The molecule has 1 aliphatic heterocycles. The van der Waals surface area contributed by atoms with Gasteiger partial charge in [0, 0.05) is 36.9 Å². The second kappa shape index (κ2) is 9.78. The van der Waals surface area contributed by atoms with Crippen molar-refractivity contribution in [2.45, 2.75) is 19.4 Å². The van der Waals surface area contributed by atoms with E-state index in [4.69, 9.17) is 4.74 Å². The van der Waals surface area contributed by atoms with Crippen molar-refractivity contribution in [1.82, 2.24) is 14.5 Å². The van der Waals surface area contributed by atoms with Crippen LogP contribution in [-0.2, 0) is 20.0 Å². The number of ether oxygens (including phenoxy) is 1. The van der Waals surface area contributed by atoms with E-state index in [9.17, 15) is 9.18 Å². The Hall–Kier alpha value is -3.45. The minimum atomic E-state index is -0.467. The number of nitrogens with one attached hydrogen (secondary N) is 1. The number of pyridine rings is 1. The summed E-state index contributed by atoms with van der Waals surface area (Å²) in [6.45, 7) is 5.86. The molecule has 0 bridgehead atoms. The first kappa shape index (κ1) is 21.8. The van der Waals surface area contributed by atoms with Crippen LogP contribution in [0.1, 0.15) is 17.7 Å². The Kier molecular flexibility index (Phi) is 6.66. The highest BCUT2D eigenvalue weighted by Gasteiger charge is 2.17. The zero-order valence-electron chi connectivity index (χ0n) is 18.2. The van der Waals surface area contributed by atoms with E-state index in [2.05, 4.69) is 40.6 Å². The van der Waals surface area contributed by atoms with Crippen LogP contribution in [0.3, 0.4) is 0 Å². The van der Waals surface area contributed by atoms with Crippen LogP contribution in [0.15, 0.2) is 70.9 Å². The van der Waals surface area contributed by atoms with Crippen LogP contribution in [-0.4, -0.2) is 35.0 Å². The number of hydrogen-bond acceptors (Lipinski definition) is 4. The molecular formula is C25H27FN4O2. The highest BCUT2D eigenvalue weighted by molar-refractivity contribution is 5.87. The van der Waals surface area contributed by atoms with Crippen molar-refractivity contribution < 1.29 is 9.13 Å². The van der Waals surface area contributed by atoms with Crippen molar-refractivity contribution in [3.63, 3.8) is 0 Å². The number of rotatable bonds is 7. The predicted molar refractivity (Wildman–Crippen MR) is 127 cm³/mol. The fourth-order valence-corrected chi connectivity index (χ4v) is 4.10. The number of fused-ring (bicyclic) bond motifs is 3. The van der Waals surface area contributed by atoms with Crippen molar-refractivity contribution in [2.24, 2.45) is 12.0 Å². The van der Waals surface area contributed by atoms with Crippen molar-refractivity contribution in [1.29, 1.82) is 0 Å². The molecule has 0 fully saturated rings. The van der Waals surface area contributed by atoms with E-state index in [1.54, 1.807) is 16.8 Å². The third-order valence-electron chi connectivity index (χ3n) is 5.64. The lowest BCUT2D eigenvalue weighted by molar-refractivity contribution is 0.328. The minimum Gasteiger partial charge on any atom is -0.491 e. The minimum absolute atomic E-state index is 0.178. The highest BCUT2D eigenvalue weighted by Crippen LogP contribution is 2.29. The Labute approximate surface area is 186 Å². The van der Waals surface area contributed by atoms with Crippen LogP contribution in [0.4, 0.5) is 4.39 Å². The standard InChI is InChI=1S/C25H27FN4O2/c1-3-5-18(26)16-28-11-13-32-20-9-12-30(25(31)15-20)19-7-8-21-22-17-27-10-4-6-23(22)29(2)24(21)14-19/h3,5,7-9,12,14-16,27H,1,4,6,10-11,13,17H2,2H3/b18-5+,28-16?. The normalized spacial score (nSPS) is 14.5. The molecule has 6 nitrogen and oxygen atoms in total. The molecule has 0 radical (unpaired) electrons. The molecule has 0 saturated heterocycles. The molecule has 0 atom stereocenters. The Morgan fingerprint density at radius 2 is 2.22 bits per heavy atom. The van der Waals surface area contributed by atoms with E-state index in [1.165, 1.54) is 34.9 Å². The van der Waals surface area contributed by atoms with E-state index in [1.807, 2.05) is 6.07 Å². The van der Waals surface area contributed by atoms with Gasteiger partial charge in [0.15, 0.2) is 0 Å². The zero-order chi connectivity index (χ0) is 22.5. The summed E-state index contributed by atoms with van der Waals surface area (Å²) >= 11 is 0. The summed E-state index contributed by atoms with van der Waals surface area (Å²) in [5.74, 6) is -0.00764. The quantitative estimate of drug-likeness (QED) is 0.349. The second-order valence-electron chi connectivity index (χ2n) is 7.71. The Bertz CT molecular complexity index is 1250. The Morgan fingerprint density at radius 3 is 3.03 bits per heavy atom. The number of aryl methyl sites for hydroxylation is 1. The number of benzene rings is 1. The molecule has 7 heteroatoms. The second-order valence-corrected chi connectivity index (χ2v) is 7.71. The average molecular weight is 435 g/mol. The molecular weight excluding hydrogens is 407 g/mol. The van der Waals surface area contributed by atoms with Crippen molar-refractivity contribution >= 4 is 17.1 Å². The molecule has 0 amide bonds. The highest BCUT2D eigenvalue weighted by atomic mass is 19.1. The van der Waals surface area contributed by atoms with Crippen LogP contribution < -0.4 is 15.6 Å². The first-order chi connectivity index (χ1) is 15.6. The lowest BCUT2D eigenvalue weighted by atomic mass is 10.1. The smallest absolute Gasteiger partial charge is 0.258 e. The number of nitrogens with zero attached hydrogens (tertiary/aromatic N) is 3. The lowest BCUT2D eigenvalue weighted by Gasteiger charge is -2.09. The molecule has 32 heavy (non-hydrogen) atoms. The van der Waals surface area contributed by atoms with Gasteiger partial charge in [0.05, 0.1) is 24.0 Å². The lowest BCUT2D eigenvalue weighted by Crippen LogP contribution is -2.17. The average Bonchev–Trinajstić information content (AvgIpc) is 2.93. The van der Waals surface area contributed by atoms with E-state index < -0.39 is 5.83 Å². The van der Waals surface area contributed by atoms with Crippen LogP contribution in [0, 0.1) is 0 Å².